The molecule has 0 fully saturated rings. The van der Waals surface area contributed by atoms with Gasteiger partial charge in [0.1, 0.15) is 0 Å². The van der Waals surface area contributed by atoms with Crippen LogP contribution < -0.4 is 4.90 Å². The van der Waals surface area contributed by atoms with Crippen LogP contribution >= 0.6 is 22.7 Å². The number of fused-ring (bicyclic) bond motifs is 16. The van der Waals surface area contributed by atoms with Crippen LogP contribution in [0, 0.1) is 0 Å². The van der Waals surface area contributed by atoms with Gasteiger partial charge in [-0.25, -0.2) is 0 Å². The van der Waals surface area contributed by atoms with Crippen LogP contribution in [-0.2, 0) is 5.41 Å². The largest absolute Gasteiger partial charge is 0.310 e. The average molecular weight is 848 g/mol. The summed E-state index contributed by atoms with van der Waals surface area (Å²) >= 11 is 3.78. The Hall–Kier alpha value is -7.56. The van der Waals surface area contributed by atoms with Crippen molar-refractivity contribution in [2.24, 2.45) is 0 Å². The molecule has 0 saturated heterocycles. The summed E-state index contributed by atoms with van der Waals surface area (Å²) in [6.07, 6.45) is 0. The summed E-state index contributed by atoms with van der Waals surface area (Å²) in [6.45, 7) is 0. The van der Waals surface area contributed by atoms with Gasteiger partial charge in [0.25, 0.3) is 0 Å². The maximum Gasteiger partial charge on any atom is 0.0731 e. The predicted octanol–water partition coefficient (Wildman–Crippen LogP) is 17.6. The Morgan fingerprint density at radius 1 is 0.312 bits per heavy atom. The molecule has 0 aliphatic heterocycles. The normalized spacial score (nSPS) is 13.1. The van der Waals surface area contributed by atoms with Crippen LogP contribution in [0.15, 0.2) is 224 Å². The van der Waals surface area contributed by atoms with Crippen molar-refractivity contribution in [3.8, 4) is 44.5 Å². The zero-order valence-electron chi connectivity index (χ0n) is 34.6. The molecule has 0 amide bonds. The summed E-state index contributed by atoms with van der Waals surface area (Å²) < 4.78 is 5.24. The molecule has 0 atom stereocenters. The summed E-state index contributed by atoms with van der Waals surface area (Å²) in [6, 6.07) is 83.9. The van der Waals surface area contributed by atoms with Gasteiger partial charge in [-0.15, -0.1) is 22.7 Å². The molecule has 1 nitrogen and oxygen atoms in total. The molecule has 2 aliphatic rings. The third-order valence-electron chi connectivity index (χ3n) is 13.9. The number of benzene rings is 10. The Bertz CT molecular complexity index is 3790. The topological polar surface area (TPSA) is 3.24 Å². The van der Waals surface area contributed by atoms with E-state index in [0.29, 0.717) is 0 Å². The summed E-state index contributed by atoms with van der Waals surface area (Å²) in [7, 11) is 0. The number of anilines is 3. The van der Waals surface area contributed by atoms with Crippen molar-refractivity contribution < 1.29 is 0 Å². The third-order valence-corrected chi connectivity index (χ3v) is 16.1. The Labute approximate surface area is 379 Å². The van der Waals surface area contributed by atoms with E-state index in [0.717, 1.165) is 17.1 Å². The molecular weight excluding hydrogens is 811 g/mol. The van der Waals surface area contributed by atoms with Gasteiger partial charge in [-0.1, -0.05) is 170 Å². The minimum atomic E-state index is -0.476. The first-order valence-electron chi connectivity index (χ1n) is 22.0. The Morgan fingerprint density at radius 3 is 1.44 bits per heavy atom. The highest BCUT2D eigenvalue weighted by molar-refractivity contribution is 7.26. The SMILES string of the molecule is c1ccc(-c2ccc(N(c3ccc(-c4c5c(cc6sc7ccccc7c46)-c4ccccc4C54c5ccccc5-c5ccccc54)cc3)c3ccc4c(c3)sc3ccccc34)cc2)cc1. The molecule has 64 heavy (non-hydrogen) atoms. The van der Waals surface area contributed by atoms with E-state index < -0.39 is 5.41 Å². The predicted molar refractivity (Wildman–Crippen MR) is 274 cm³/mol. The fourth-order valence-corrected chi connectivity index (χ4v) is 13.6. The van der Waals surface area contributed by atoms with Crippen molar-refractivity contribution in [2.75, 3.05) is 4.90 Å². The van der Waals surface area contributed by atoms with Crippen molar-refractivity contribution in [3.63, 3.8) is 0 Å². The molecule has 0 unspecified atom stereocenters. The summed E-state index contributed by atoms with van der Waals surface area (Å²) in [5.41, 5.74) is 18.6. The molecule has 0 radical (unpaired) electrons. The Balaban J connectivity index is 1.01. The average Bonchev–Trinajstić information content (AvgIpc) is 4.09. The maximum atomic E-state index is 2.51. The van der Waals surface area contributed by atoms with Gasteiger partial charge in [-0.05, 0) is 121 Å². The molecule has 298 valence electrons. The first-order valence-corrected chi connectivity index (χ1v) is 23.6. The zero-order chi connectivity index (χ0) is 41.9. The maximum absolute atomic E-state index is 2.51. The number of thiophene rings is 2. The van der Waals surface area contributed by atoms with Crippen LogP contribution in [-0.4, -0.2) is 0 Å². The van der Waals surface area contributed by atoms with Crippen LogP contribution in [0.1, 0.15) is 22.3 Å². The van der Waals surface area contributed by atoms with Crippen molar-refractivity contribution in [1.82, 2.24) is 0 Å². The first-order chi connectivity index (χ1) is 31.7. The summed E-state index contributed by atoms with van der Waals surface area (Å²) in [5, 5.41) is 5.26. The second-order valence-corrected chi connectivity index (χ2v) is 19.3. The molecule has 0 N–H and O–H groups in total. The second-order valence-electron chi connectivity index (χ2n) is 17.1. The van der Waals surface area contributed by atoms with E-state index in [1.54, 1.807) is 0 Å². The molecule has 0 bridgehead atoms. The van der Waals surface area contributed by atoms with Crippen LogP contribution in [0.2, 0.25) is 0 Å². The monoisotopic (exact) mass is 847 g/mol. The lowest BCUT2D eigenvalue weighted by Crippen LogP contribution is -2.26. The molecule has 1 spiro atoms. The van der Waals surface area contributed by atoms with E-state index in [4.69, 9.17) is 0 Å². The van der Waals surface area contributed by atoms with Crippen LogP contribution in [0.4, 0.5) is 17.1 Å². The number of hydrogen-bond acceptors (Lipinski definition) is 3. The van der Waals surface area contributed by atoms with Gasteiger partial charge in [0, 0.05) is 57.4 Å². The molecule has 10 aromatic carbocycles. The van der Waals surface area contributed by atoms with Gasteiger partial charge in [-0.3, -0.25) is 0 Å². The fraction of sp³-hybridized carbons (Fsp3) is 0.0164. The number of nitrogens with zero attached hydrogens (tertiary/aromatic N) is 1. The molecule has 14 rings (SSSR count). The van der Waals surface area contributed by atoms with Crippen molar-refractivity contribution >= 4 is 80.1 Å². The lowest BCUT2D eigenvalue weighted by atomic mass is 9.68. The molecule has 12 aromatic rings. The first kappa shape index (κ1) is 36.0. The molecule has 2 aromatic heterocycles. The highest BCUT2D eigenvalue weighted by atomic mass is 32.1. The molecule has 0 saturated carbocycles. The van der Waals surface area contributed by atoms with Crippen LogP contribution in [0.3, 0.4) is 0 Å². The third kappa shape index (κ3) is 4.99. The Morgan fingerprint density at radius 2 is 0.781 bits per heavy atom. The lowest BCUT2D eigenvalue weighted by Gasteiger charge is -2.32. The van der Waals surface area contributed by atoms with Gasteiger partial charge in [0.2, 0.25) is 0 Å². The van der Waals surface area contributed by atoms with E-state index in [-0.39, 0.29) is 0 Å². The van der Waals surface area contributed by atoms with Crippen molar-refractivity contribution in [3.05, 3.63) is 247 Å². The quantitative estimate of drug-likeness (QED) is 0.167. The van der Waals surface area contributed by atoms with E-state index in [1.807, 2.05) is 22.7 Å². The van der Waals surface area contributed by atoms with Crippen LogP contribution in [0.5, 0.6) is 0 Å². The van der Waals surface area contributed by atoms with Gasteiger partial charge >= 0.3 is 0 Å². The van der Waals surface area contributed by atoms with E-state index in [1.165, 1.54) is 107 Å². The minimum Gasteiger partial charge on any atom is -0.310 e. The smallest absolute Gasteiger partial charge is 0.0731 e. The van der Waals surface area contributed by atoms with E-state index in [9.17, 15) is 0 Å². The van der Waals surface area contributed by atoms with Gasteiger partial charge in [0.05, 0.1) is 5.41 Å². The van der Waals surface area contributed by atoms with E-state index in [2.05, 4.69) is 229 Å². The van der Waals surface area contributed by atoms with Gasteiger partial charge in [-0.2, -0.15) is 0 Å². The molecule has 3 heteroatoms. The lowest BCUT2D eigenvalue weighted by molar-refractivity contribution is 0.797. The number of rotatable bonds is 5. The van der Waals surface area contributed by atoms with Crippen molar-refractivity contribution in [1.29, 1.82) is 0 Å². The molecule has 2 heterocycles. The van der Waals surface area contributed by atoms with Crippen molar-refractivity contribution in [2.45, 2.75) is 5.41 Å². The second kappa shape index (κ2) is 13.7. The molecule has 2 aliphatic carbocycles. The van der Waals surface area contributed by atoms with Crippen LogP contribution in [0.25, 0.3) is 84.9 Å². The standard InChI is InChI=1S/C61H37NS2/c1-2-14-38(15-3-1)39-26-30-41(31-27-39)62(43-34-35-48-47-19-7-12-24-54(47)63-56(48)36-43)42-32-28-40(29-33-42)58-59-49-20-8-13-25-55(49)64-57(59)37-50-46-18-6-11-23-53(46)61(60(50)58)51-21-9-4-16-44(51)45-17-5-10-22-52(45)61/h1-37H. The molecular formula is C61H37NS2. The highest BCUT2D eigenvalue weighted by Gasteiger charge is 2.53. The number of hydrogen-bond donors (Lipinski definition) is 0. The van der Waals surface area contributed by atoms with Gasteiger partial charge in [0.15, 0.2) is 0 Å². The summed E-state index contributed by atoms with van der Waals surface area (Å²) in [5.74, 6) is 0. The van der Waals surface area contributed by atoms with Gasteiger partial charge < -0.3 is 4.90 Å². The Kier molecular flexibility index (Phi) is 7.71. The highest BCUT2D eigenvalue weighted by Crippen LogP contribution is 2.66. The fourth-order valence-electron chi connectivity index (χ4n) is 11.3. The zero-order valence-corrected chi connectivity index (χ0v) is 36.3. The minimum absolute atomic E-state index is 0.476. The van der Waals surface area contributed by atoms with E-state index >= 15 is 0 Å². The summed E-state index contributed by atoms with van der Waals surface area (Å²) in [4.78, 5) is 2.42.